The average Bonchev–Trinajstić information content (AvgIpc) is 2.97. The maximum Gasteiger partial charge on any atom is 0.231 e. The molecule has 0 aromatic heterocycles. The quantitative estimate of drug-likeness (QED) is 0.660. The van der Waals surface area contributed by atoms with Crippen molar-refractivity contribution in [1.29, 1.82) is 0 Å². The Bertz CT molecular complexity index is 427. The van der Waals surface area contributed by atoms with Crippen molar-refractivity contribution in [3.8, 4) is 11.5 Å². The Morgan fingerprint density at radius 1 is 1.10 bits per heavy atom. The summed E-state index contributed by atoms with van der Waals surface area (Å²) in [5, 5.41) is 0. The van der Waals surface area contributed by atoms with Crippen molar-refractivity contribution >= 4 is 0 Å². The van der Waals surface area contributed by atoms with E-state index in [0.717, 1.165) is 30.1 Å². The number of fused-ring (bicyclic) bond motifs is 1. The molecule has 0 radical (unpaired) electrons. The van der Waals surface area contributed by atoms with Gasteiger partial charge in [0, 0.05) is 20.3 Å². The molecule has 0 saturated carbocycles. The predicted molar refractivity (Wildman–Crippen MR) is 77.6 cm³/mol. The minimum Gasteiger partial charge on any atom is -0.454 e. The number of nitrogens with two attached hydrogens (primary N) is 1. The topological polar surface area (TPSA) is 72.2 Å². The van der Waals surface area contributed by atoms with Gasteiger partial charge in [-0.3, -0.25) is 0 Å². The molecular formula is C15H23NO5. The molecule has 0 fully saturated rings. The fourth-order valence-electron chi connectivity index (χ4n) is 1.98. The molecular weight excluding hydrogens is 274 g/mol. The molecule has 1 aliphatic rings. The van der Waals surface area contributed by atoms with E-state index >= 15 is 0 Å². The van der Waals surface area contributed by atoms with E-state index in [1.807, 2.05) is 18.2 Å². The molecule has 0 aliphatic carbocycles. The molecule has 2 N–H and O–H groups in total. The molecule has 6 nitrogen and oxygen atoms in total. The van der Waals surface area contributed by atoms with Gasteiger partial charge in [0.15, 0.2) is 11.5 Å². The van der Waals surface area contributed by atoms with Gasteiger partial charge in [-0.15, -0.1) is 0 Å². The third kappa shape index (κ3) is 5.17. The second kappa shape index (κ2) is 8.84. The molecule has 1 unspecified atom stereocenters. The normalized spacial score (nSPS) is 14.4. The van der Waals surface area contributed by atoms with Crippen LogP contribution in [0.4, 0.5) is 0 Å². The highest BCUT2D eigenvalue weighted by atomic mass is 16.7. The van der Waals surface area contributed by atoms with Gasteiger partial charge in [0.1, 0.15) is 0 Å². The van der Waals surface area contributed by atoms with Crippen molar-refractivity contribution in [3.05, 3.63) is 23.8 Å². The number of benzene rings is 1. The first-order chi connectivity index (χ1) is 10.3. The third-order valence-corrected chi connectivity index (χ3v) is 3.13. The zero-order valence-electron chi connectivity index (χ0n) is 12.4. The summed E-state index contributed by atoms with van der Waals surface area (Å²) >= 11 is 0. The highest BCUT2D eigenvalue weighted by Crippen LogP contribution is 2.33. The Morgan fingerprint density at radius 2 is 1.90 bits per heavy atom. The van der Waals surface area contributed by atoms with Crippen molar-refractivity contribution in [2.75, 3.05) is 46.9 Å². The van der Waals surface area contributed by atoms with E-state index in [1.54, 1.807) is 7.11 Å². The lowest BCUT2D eigenvalue weighted by Gasteiger charge is -2.13. The van der Waals surface area contributed by atoms with Crippen LogP contribution in [0, 0.1) is 0 Å². The zero-order valence-corrected chi connectivity index (χ0v) is 12.4. The number of ether oxygens (including phenoxy) is 5. The van der Waals surface area contributed by atoms with Gasteiger partial charge in [0.05, 0.1) is 25.9 Å². The van der Waals surface area contributed by atoms with E-state index in [-0.39, 0.29) is 12.8 Å². The molecule has 1 aliphatic heterocycles. The van der Waals surface area contributed by atoms with E-state index in [2.05, 4.69) is 0 Å². The van der Waals surface area contributed by atoms with Crippen LogP contribution in [0.5, 0.6) is 11.5 Å². The summed E-state index contributed by atoms with van der Waals surface area (Å²) in [6, 6.07) is 5.52. The highest BCUT2D eigenvalue weighted by Gasteiger charge is 2.15. The summed E-state index contributed by atoms with van der Waals surface area (Å²) in [6.45, 7) is 3.22. The lowest BCUT2D eigenvalue weighted by molar-refractivity contribution is 0.0355. The van der Waals surface area contributed by atoms with E-state index in [1.165, 1.54) is 0 Å². The lowest BCUT2D eigenvalue weighted by Crippen LogP contribution is -2.18. The highest BCUT2D eigenvalue weighted by molar-refractivity contribution is 5.45. The minimum atomic E-state index is -0.187. The van der Waals surface area contributed by atoms with Crippen LogP contribution in [0.1, 0.15) is 18.0 Å². The molecule has 0 spiro atoms. The van der Waals surface area contributed by atoms with Crippen molar-refractivity contribution < 1.29 is 23.7 Å². The standard InChI is InChI=1S/C15H23NO5/c1-17-5-2-6-18-7-8-19-10-13(16)12-3-4-14-15(9-12)21-11-20-14/h3-4,9,13H,2,5-8,10-11,16H2,1H3. The summed E-state index contributed by atoms with van der Waals surface area (Å²) in [4.78, 5) is 0. The van der Waals surface area contributed by atoms with Gasteiger partial charge < -0.3 is 29.4 Å². The average molecular weight is 297 g/mol. The zero-order chi connectivity index (χ0) is 14.9. The third-order valence-electron chi connectivity index (χ3n) is 3.13. The Hall–Kier alpha value is -1.34. The van der Waals surface area contributed by atoms with Crippen molar-refractivity contribution in [2.45, 2.75) is 12.5 Å². The number of rotatable bonds is 10. The Kier molecular flexibility index (Phi) is 6.75. The van der Waals surface area contributed by atoms with Gasteiger partial charge in [-0.25, -0.2) is 0 Å². The Labute approximate surface area is 125 Å². The van der Waals surface area contributed by atoms with Gasteiger partial charge in [0.25, 0.3) is 0 Å². The first-order valence-corrected chi connectivity index (χ1v) is 7.11. The monoisotopic (exact) mass is 297 g/mol. The van der Waals surface area contributed by atoms with Gasteiger partial charge in [0.2, 0.25) is 6.79 Å². The summed E-state index contributed by atoms with van der Waals surface area (Å²) in [5.41, 5.74) is 7.06. The van der Waals surface area contributed by atoms with Crippen LogP contribution in [0.2, 0.25) is 0 Å². The van der Waals surface area contributed by atoms with Crippen LogP contribution in [0.25, 0.3) is 0 Å². The summed E-state index contributed by atoms with van der Waals surface area (Å²) in [5.74, 6) is 1.50. The maximum absolute atomic E-state index is 6.09. The molecule has 1 aromatic rings. The Morgan fingerprint density at radius 3 is 2.76 bits per heavy atom. The van der Waals surface area contributed by atoms with Crippen molar-refractivity contribution in [3.63, 3.8) is 0 Å². The van der Waals surface area contributed by atoms with Gasteiger partial charge in [-0.05, 0) is 24.1 Å². The van der Waals surface area contributed by atoms with Crippen LogP contribution in [-0.4, -0.2) is 46.9 Å². The van der Waals surface area contributed by atoms with E-state index in [4.69, 9.17) is 29.4 Å². The van der Waals surface area contributed by atoms with Crippen LogP contribution >= 0.6 is 0 Å². The van der Waals surface area contributed by atoms with Crippen molar-refractivity contribution in [2.24, 2.45) is 5.73 Å². The Balaban J connectivity index is 1.60. The van der Waals surface area contributed by atoms with E-state index in [9.17, 15) is 0 Å². The first-order valence-electron chi connectivity index (χ1n) is 7.11. The van der Waals surface area contributed by atoms with Crippen LogP contribution in [0.15, 0.2) is 18.2 Å². The van der Waals surface area contributed by atoms with Gasteiger partial charge >= 0.3 is 0 Å². The molecule has 1 heterocycles. The molecule has 0 saturated heterocycles. The SMILES string of the molecule is COCCCOCCOCC(N)c1ccc2c(c1)OCO2. The molecule has 6 heteroatoms. The summed E-state index contributed by atoms with van der Waals surface area (Å²) in [6.07, 6.45) is 0.896. The largest absolute Gasteiger partial charge is 0.454 e. The van der Waals surface area contributed by atoms with Gasteiger partial charge in [-0.1, -0.05) is 6.07 Å². The molecule has 118 valence electrons. The second-order valence-corrected chi connectivity index (χ2v) is 4.75. The fraction of sp³-hybridized carbons (Fsp3) is 0.600. The summed E-state index contributed by atoms with van der Waals surface area (Å²) < 4.78 is 26.5. The van der Waals surface area contributed by atoms with E-state index < -0.39 is 0 Å². The van der Waals surface area contributed by atoms with Crippen LogP contribution in [0.3, 0.4) is 0 Å². The molecule has 2 rings (SSSR count). The lowest BCUT2D eigenvalue weighted by atomic mass is 10.1. The molecule has 1 aromatic carbocycles. The molecule has 1 atom stereocenters. The molecule has 0 amide bonds. The molecule has 21 heavy (non-hydrogen) atoms. The number of methoxy groups -OCH3 is 1. The smallest absolute Gasteiger partial charge is 0.231 e. The second-order valence-electron chi connectivity index (χ2n) is 4.75. The maximum atomic E-state index is 6.09. The predicted octanol–water partition coefficient (Wildman–Crippen LogP) is 1.48. The number of hydrogen-bond donors (Lipinski definition) is 1. The van der Waals surface area contributed by atoms with Crippen LogP contribution in [-0.2, 0) is 14.2 Å². The van der Waals surface area contributed by atoms with Crippen molar-refractivity contribution in [1.82, 2.24) is 0 Å². The van der Waals surface area contributed by atoms with Gasteiger partial charge in [-0.2, -0.15) is 0 Å². The first kappa shape index (κ1) is 16.0. The summed E-state index contributed by atoms with van der Waals surface area (Å²) in [7, 11) is 1.68. The number of hydrogen-bond acceptors (Lipinski definition) is 6. The van der Waals surface area contributed by atoms with Crippen LogP contribution < -0.4 is 15.2 Å². The molecule has 0 bridgehead atoms. The minimum absolute atomic E-state index is 0.187. The van der Waals surface area contributed by atoms with E-state index in [0.29, 0.717) is 26.4 Å². The fourth-order valence-corrected chi connectivity index (χ4v) is 1.98.